The van der Waals surface area contributed by atoms with Crippen LogP contribution in [0.3, 0.4) is 0 Å². The van der Waals surface area contributed by atoms with Gasteiger partial charge < -0.3 is 13.6 Å². The molecule has 0 unspecified atom stereocenters. The number of hydrogen-bond donors (Lipinski definition) is 0. The molecule has 7 nitrogen and oxygen atoms in total. The van der Waals surface area contributed by atoms with Gasteiger partial charge in [0.25, 0.3) is 0 Å². The van der Waals surface area contributed by atoms with Crippen molar-refractivity contribution in [3.63, 3.8) is 0 Å². The number of imidazole rings is 1. The summed E-state index contributed by atoms with van der Waals surface area (Å²) in [6.45, 7) is 2.31. The molecular formula is C19H17N3O4. The third-order valence-electron chi connectivity index (χ3n) is 4.14. The molecule has 0 aliphatic rings. The first kappa shape index (κ1) is 16.1. The van der Waals surface area contributed by atoms with Crippen LogP contribution in [0.4, 0.5) is 0 Å². The van der Waals surface area contributed by atoms with Crippen LogP contribution >= 0.6 is 0 Å². The summed E-state index contributed by atoms with van der Waals surface area (Å²) < 4.78 is 13.8. The maximum Gasteiger partial charge on any atom is 0.419 e. The number of aromatic nitrogens is 3. The number of benzene rings is 1. The Morgan fingerprint density at radius 3 is 2.92 bits per heavy atom. The molecule has 0 radical (unpaired) electrons. The summed E-state index contributed by atoms with van der Waals surface area (Å²) in [5.41, 5.74) is 3.77. The number of para-hydroxylation sites is 2. The van der Waals surface area contributed by atoms with E-state index < -0.39 is 11.7 Å². The molecule has 0 spiro atoms. The zero-order valence-electron chi connectivity index (χ0n) is 14.2. The van der Waals surface area contributed by atoms with E-state index in [9.17, 15) is 9.59 Å². The summed E-state index contributed by atoms with van der Waals surface area (Å²) in [7, 11) is 0. The van der Waals surface area contributed by atoms with E-state index >= 15 is 0 Å². The quantitative estimate of drug-likeness (QED) is 0.517. The molecule has 0 amide bonds. The zero-order valence-corrected chi connectivity index (χ0v) is 14.2. The molecule has 4 aromatic rings. The van der Waals surface area contributed by atoms with Crippen LogP contribution in [0.25, 0.3) is 16.7 Å². The highest BCUT2D eigenvalue weighted by molar-refractivity contribution is 5.73. The van der Waals surface area contributed by atoms with Crippen LogP contribution < -0.4 is 5.76 Å². The molecule has 0 saturated carbocycles. The van der Waals surface area contributed by atoms with Gasteiger partial charge in [-0.15, -0.1) is 0 Å². The maximum atomic E-state index is 12.0. The van der Waals surface area contributed by atoms with Crippen LogP contribution in [0.1, 0.15) is 17.7 Å². The molecule has 3 aromatic heterocycles. The first-order valence-electron chi connectivity index (χ1n) is 8.28. The van der Waals surface area contributed by atoms with Gasteiger partial charge in [0.2, 0.25) is 0 Å². The van der Waals surface area contributed by atoms with Gasteiger partial charge in [0.1, 0.15) is 12.3 Å². The second-order valence-electron chi connectivity index (χ2n) is 6.10. The summed E-state index contributed by atoms with van der Waals surface area (Å²) >= 11 is 0. The highest BCUT2D eigenvalue weighted by Gasteiger charge is 2.12. The molecule has 132 valence electrons. The standard InChI is InChI=1S/C19H17N3O4/c1-13-6-7-17-20-14(11-21(17)10-13)12-25-18(23)8-9-22-15-4-2-3-5-16(15)26-19(22)24/h2-7,10-11H,8-9,12H2,1H3. The summed E-state index contributed by atoms with van der Waals surface area (Å²) in [5.74, 6) is -0.870. The molecule has 1 aromatic carbocycles. The molecule has 26 heavy (non-hydrogen) atoms. The van der Waals surface area contributed by atoms with Gasteiger partial charge in [0, 0.05) is 18.9 Å². The smallest absolute Gasteiger partial charge is 0.419 e. The Labute approximate surface area is 148 Å². The average molecular weight is 351 g/mol. The number of carbonyl (C=O) groups excluding carboxylic acids is 1. The molecular weight excluding hydrogens is 334 g/mol. The van der Waals surface area contributed by atoms with Gasteiger partial charge in [-0.1, -0.05) is 18.2 Å². The molecule has 0 atom stereocenters. The van der Waals surface area contributed by atoms with Gasteiger partial charge in [-0.2, -0.15) is 0 Å². The van der Waals surface area contributed by atoms with E-state index in [4.69, 9.17) is 9.15 Å². The topological polar surface area (TPSA) is 78.7 Å². The van der Waals surface area contributed by atoms with E-state index in [1.807, 2.05) is 41.9 Å². The highest BCUT2D eigenvalue weighted by Crippen LogP contribution is 2.12. The van der Waals surface area contributed by atoms with Gasteiger partial charge in [0.05, 0.1) is 17.6 Å². The van der Waals surface area contributed by atoms with Crippen molar-refractivity contribution in [3.05, 3.63) is 70.6 Å². The SMILES string of the molecule is Cc1ccc2nc(COC(=O)CCn3c(=O)oc4ccccc43)cn2c1. The van der Waals surface area contributed by atoms with Crippen LogP contribution in [0.15, 0.2) is 58.0 Å². The fourth-order valence-electron chi connectivity index (χ4n) is 2.88. The van der Waals surface area contributed by atoms with Crippen molar-refractivity contribution in [3.8, 4) is 0 Å². The third-order valence-corrected chi connectivity index (χ3v) is 4.14. The lowest BCUT2D eigenvalue weighted by molar-refractivity contribution is -0.145. The van der Waals surface area contributed by atoms with Gasteiger partial charge in [-0.3, -0.25) is 9.36 Å². The predicted octanol–water partition coefficient (Wildman–Crippen LogP) is 2.68. The van der Waals surface area contributed by atoms with E-state index in [-0.39, 0.29) is 19.6 Å². The number of aryl methyl sites for hydroxylation is 2. The Bertz CT molecular complexity index is 1150. The molecule has 0 N–H and O–H groups in total. The number of ether oxygens (including phenoxy) is 1. The number of nitrogens with zero attached hydrogens (tertiary/aromatic N) is 3. The Hall–Kier alpha value is -3.35. The van der Waals surface area contributed by atoms with Crippen molar-refractivity contribution >= 4 is 22.7 Å². The van der Waals surface area contributed by atoms with Crippen LogP contribution in [-0.2, 0) is 22.7 Å². The molecule has 3 heterocycles. The minimum atomic E-state index is -0.477. The van der Waals surface area contributed by atoms with Crippen LogP contribution in [0.5, 0.6) is 0 Å². The summed E-state index contributed by atoms with van der Waals surface area (Å²) in [4.78, 5) is 28.3. The predicted molar refractivity (Wildman–Crippen MR) is 94.8 cm³/mol. The van der Waals surface area contributed by atoms with Crippen molar-refractivity contribution in [2.75, 3.05) is 0 Å². The second kappa shape index (κ2) is 6.51. The van der Waals surface area contributed by atoms with Crippen molar-refractivity contribution in [2.45, 2.75) is 26.5 Å². The molecule has 0 fully saturated rings. The normalized spacial score (nSPS) is 11.3. The molecule has 7 heteroatoms. The van der Waals surface area contributed by atoms with Crippen molar-refractivity contribution in [1.82, 2.24) is 14.0 Å². The van der Waals surface area contributed by atoms with Gasteiger partial charge in [0.15, 0.2) is 5.58 Å². The van der Waals surface area contributed by atoms with Gasteiger partial charge >= 0.3 is 11.7 Å². The Kier molecular flexibility index (Phi) is 4.04. The van der Waals surface area contributed by atoms with E-state index in [1.54, 1.807) is 18.2 Å². The lowest BCUT2D eigenvalue weighted by atomic mass is 10.3. The summed E-state index contributed by atoms with van der Waals surface area (Å²) in [6, 6.07) is 11.0. The first-order chi connectivity index (χ1) is 12.6. The number of fused-ring (bicyclic) bond motifs is 2. The third kappa shape index (κ3) is 3.11. The van der Waals surface area contributed by atoms with E-state index in [1.165, 1.54) is 4.57 Å². The Balaban J connectivity index is 1.39. The van der Waals surface area contributed by atoms with Crippen LogP contribution in [0, 0.1) is 6.92 Å². The van der Waals surface area contributed by atoms with Crippen molar-refractivity contribution < 1.29 is 13.9 Å². The zero-order chi connectivity index (χ0) is 18.1. The monoisotopic (exact) mass is 351 g/mol. The number of pyridine rings is 1. The lowest BCUT2D eigenvalue weighted by Crippen LogP contribution is -2.17. The van der Waals surface area contributed by atoms with Gasteiger partial charge in [-0.25, -0.2) is 9.78 Å². The van der Waals surface area contributed by atoms with E-state index in [0.717, 1.165) is 11.2 Å². The minimum Gasteiger partial charge on any atom is -0.459 e. The average Bonchev–Trinajstić information content (AvgIpc) is 3.17. The molecule has 0 aliphatic carbocycles. The van der Waals surface area contributed by atoms with E-state index in [0.29, 0.717) is 16.8 Å². The lowest BCUT2D eigenvalue weighted by Gasteiger charge is -2.03. The Morgan fingerprint density at radius 1 is 1.19 bits per heavy atom. The molecule has 0 aliphatic heterocycles. The largest absolute Gasteiger partial charge is 0.459 e. The van der Waals surface area contributed by atoms with Gasteiger partial charge in [-0.05, 0) is 30.7 Å². The summed E-state index contributed by atoms with van der Waals surface area (Å²) in [5, 5.41) is 0. The number of hydrogen-bond acceptors (Lipinski definition) is 5. The summed E-state index contributed by atoms with van der Waals surface area (Å²) in [6.07, 6.45) is 3.88. The minimum absolute atomic E-state index is 0.0793. The second-order valence-corrected chi connectivity index (χ2v) is 6.10. The van der Waals surface area contributed by atoms with E-state index in [2.05, 4.69) is 4.98 Å². The van der Waals surface area contributed by atoms with Crippen molar-refractivity contribution in [1.29, 1.82) is 0 Å². The first-order valence-corrected chi connectivity index (χ1v) is 8.28. The molecule has 0 bridgehead atoms. The van der Waals surface area contributed by atoms with Crippen molar-refractivity contribution in [2.24, 2.45) is 0 Å². The number of rotatable bonds is 5. The fourth-order valence-corrected chi connectivity index (χ4v) is 2.88. The highest BCUT2D eigenvalue weighted by atomic mass is 16.5. The fraction of sp³-hybridized carbons (Fsp3) is 0.211. The number of carbonyl (C=O) groups is 1. The molecule has 4 rings (SSSR count). The van der Waals surface area contributed by atoms with Crippen LogP contribution in [-0.4, -0.2) is 19.9 Å². The Morgan fingerprint density at radius 2 is 2.04 bits per heavy atom. The maximum absolute atomic E-state index is 12.0. The molecule has 0 saturated heterocycles. The van der Waals surface area contributed by atoms with Crippen LogP contribution in [0.2, 0.25) is 0 Å². The number of esters is 1. The number of oxazole rings is 1.